The highest BCUT2D eigenvalue weighted by atomic mass is 16.5. The topological polar surface area (TPSA) is 76.2 Å². The number of hydrogen-bond acceptors (Lipinski definition) is 4. The molecule has 1 atom stereocenters. The number of nitrogens with one attached hydrogen (secondary N) is 2. The van der Waals surface area contributed by atoms with Crippen LogP contribution in [0.5, 0.6) is 11.5 Å². The summed E-state index contributed by atoms with van der Waals surface area (Å²) in [4.78, 5) is 21.0. The summed E-state index contributed by atoms with van der Waals surface area (Å²) in [6, 6.07) is 23.5. The van der Waals surface area contributed by atoms with Gasteiger partial charge in [0.25, 0.3) is 0 Å². The molecule has 2 N–H and O–H groups in total. The largest absolute Gasteiger partial charge is 0.493 e. The van der Waals surface area contributed by atoms with Crippen molar-refractivity contribution in [1.82, 2.24) is 15.3 Å². The van der Waals surface area contributed by atoms with Crippen molar-refractivity contribution in [2.45, 2.75) is 25.3 Å². The van der Waals surface area contributed by atoms with E-state index >= 15 is 0 Å². The number of methoxy groups -OCH3 is 2. The van der Waals surface area contributed by atoms with Crippen molar-refractivity contribution in [3.63, 3.8) is 0 Å². The molecule has 4 rings (SSSR count). The Labute approximate surface area is 187 Å². The van der Waals surface area contributed by atoms with Crippen LogP contribution in [0.2, 0.25) is 0 Å². The van der Waals surface area contributed by atoms with Crippen LogP contribution in [-0.2, 0) is 17.6 Å². The molecule has 3 aromatic carbocycles. The van der Waals surface area contributed by atoms with Gasteiger partial charge >= 0.3 is 0 Å². The van der Waals surface area contributed by atoms with Crippen LogP contribution in [0.3, 0.4) is 0 Å². The maximum absolute atomic E-state index is 12.9. The predicted molar refractivity (Wildman–Crippen MR) is 125 cm³/mol. The number of ether oxygens (including phenoxy) is 2. The molecule has 6 heteroatoms. The summed E-state index contributed by atoms with van der Waals surface area (Å²) < 4.78 is 10.6. The highest BCUT2D eigenvalue weighted by molar-refractivity contribution is 5.78. The molecule has 0 aliphatic rings. The maximum Gasteiger partial charge on any atom is 0.220 e. The molecule has 0 fully saturated rings. The summed E-state index contributed by atoms with van der Waals surface area (Å²) in [6.07, 6.45) is 1.62. The predicted octanol–water partition coefficient (Wildman–Crippen LogP) is 4.61. The summed E-state index contributed by atoms with van der Waals surface area (Å²) in [5, 5.41) is 3.18. The Morgan fingerprint density at radius 3 is 2.44 bits per heavy atom. The lowest BCUT2D eigenvalue weighted by Gasteiger charge is -2.17. The van der Waals surface area contributed by atoms with E-state index in [1.54, 1.807) is 14.2 Å². The molecule has 1 amide bonds. The van der Waals surface area contributed by atoms with E-state index in [1.165, 1.54) is 0 Å². The molecule has 1 aromatic heterocycles. The summed E-state index contributed by atoms with van der Waals surface area (Å²) in [6.45, 7) is 0. The van der Waals surface area contributed by atoms with Crippen LogP contribution >= 0.6 is 0 Å². The molecule has 4 aromatic rings. The van der Waals surface area contributed by atoms with Crippen molar-refractivity contribution in [2.75, 3.05) is 14.2 Å². The van der Waals surface area contributed by atoms with Crippen LogP contribution < -0.4 is 14.8 Å². The number of rotatable bonds is 9. The molecule has 6 nitrogen and oxygen atoms in total. The fraction of sp³-hybridized carbons (Fsp3) is 0.231. The van der Waals surface area contributed by atoms with Gasteiger partial charge in [-0.15, -0.1) is 0 Å². The van der Waals surface area contributed by atoms with Gasteiger partial charge < -0.3 is 19.8 Å². The summed E-state index contributed by atoms with van der Waals surface area (Å²) in [5.74, 6) is 2.07. The van der Waals surface area contributed by atoms with Gasteiger partial charge in [0.05, 0.1) is 31.3 Å². The molecular weight excluding hydrogens is 402 g/mol. The number of aromatic amines is 1. The fourth-order valence-electron chi connectivity index (χ4n) is 3.76. The average molecular weight is 430 g/mol. The molecule has 1 heterocycles. The van der Waals surface area contributed by atoms with E-state index in [1.807, 2.05) is 60.7 Å². The van der Waals surface area contributed by atoms with E-state index in [4.69, 9.17) is 14.5 Å². The van der Waals surface area contributed by atoms with Gasteiger partial charge in [0.15, 0.2) is 11.5 Å². The molecule has 0 unspecified atom stereocenters. The first-order valence-electron chi connectivity index (χ1n) is 10.6. The van der Waals surface area contributed by atoms with Crippen molar-refractivity contribution < 1.29 is 14.3 Å². The zero-order valence-electron chi connectivity index (χ0n) is 18.3. The molecule has 0 spiro atoms. The third-order valence-electron chi connectivity index (χ3n) is 5.44. The quantitative estimate of drug-likeness (QED) is 0.407. The number of fused-ring (bicyclic) bond motifs is 1. The number of imidazole rings is 1. The van der Waals surface area contributed by atoms with Gasteiger partial charge in [-0.25, -0.2) is 4.98 Å². The third-order valence-corrected chi connectivity index (χ3v) is 5.44. The minimum absolute atomic E-state index is 0.0267. The highest BCUT2D eigenvalue weighted by Crippen LogP contribution is 2.28. The second-order valence-corrected chi connectivity index (χ2v) is 7.64. The van der Waals surface area contributed by atoms with E-state index in [2.05, 4.69) is 22.4 Å². The Balaban J connectivity index is 1.48. The van der Waals surface area contributed by atoms with Gasteiger partial charge in [-0.1, -0.05) is 48.5 Å². The first kappa shape index (κ1) is 21.4. The summed E-state index contributed by atoms with van der Waals surface area (Å²) in [5.41, 5.74) is 4.00. The first-order chi connectivity index (χ1) is 15.7. The zero-order chi connectivity index (χ0) is 22.3. The Morgan fingerprint density at radius 2 is 1.69 bits per heavy atom. The van der Waals surface area contributed by atoms with Gasteiger partial charge in [-0.3, -0.25) is 4.79 Å². The van der Waals surface area contributed by atoms with Gasteiger partial charge in [0.2, 0.25) is 5.91 Å². The minimum Gasteiger partial charge on any atom is -0.493 e. The summed E-state index contributed by atoms with van der Waals surface area (Å²) in [7, 11) is 3.21. The second-order valence-electron chi connectivity index (χ2n) is 7.64. The number of carbonyl (C=O) groups excluding carboxylic acids is 1. The van der Waals surface area contributed by atoms with E-state index in [0.717, 1.165) is 28.0 Å². The second kappa shape index (κ2) is 10.0. The van der Waals surface area contributed by atoms with Crippen LogP contribution in [0.4, 0.5) is 0 Å². The smallest absolute Gasteiger partial charge is 0.220 e. The lowest BCUT2D eigenvalue weighted by Crippen LogP contribution is -2.31. The van der Waals surface area contributed by atoms with Gasteiger partial charge in [-0.05, 0) is 48.2 Å². The van der Waals surface area contributed by atoms with Crippen molar-refractivity contribution in [1.29, 1.82) is 0 Å². The van der Waals surface area contributed by atoms with Crippen molar-refractivity contribution >= 4 is 16.9 Å². The van der Waals surface area contributed by atoms with E-state index in [0.29, 0.717) is 30.8 Å². The van der Waals surface area contributed by atoms with Gasteiger partial charge in [-0.2, -0.15) is 0 Å². The minimum atomic E-state index is -0.247. The molecule has 0 bridgehead atoms. The van der Waals surface area contributed by atoms with Crippen LogP contribution in [0.1, 0.15) is 29.4 Å². The highest BCUT2D eigenvalue weighted by Gasteiger charge is 2.19. The van der Waals surface area contributed by atoms with Crippen molar-refractivity contribution in [2.24, 2.45) is 0 Å². The van der Waals surface area contributed by atoms with Crippen LogP contribution in [0.15, 0.2) is 72.8 Å². The van der Waals surface area contributed by atoms with Crippen LogP contribution in [-0.4, -0.2) is 30.1 Å². The number of hydrogen-bond donors (Lipinski definition) is 2. The Hall–Kier alpha value is -3.80. The fourth-order valence-corrected chi connectivity index (χ4v) is 3.76. The number of benzene rings is 3. The standard InChI is InChI=1S/C26H27N3O3/c1-31-23-14-12-19(17-24(23)32-2)13-15-25(30)27-22(16-18-8-4-3-5-9-18)26-28-20-10-6-7-11-21(20)29-26/h3-12,14,17,22H,13,15-16H2,1-2H3,(H,27,30)(H,28,29)/t22-/m0/s1. The number of nitrogens with zero attached hydrogens (tertiary/aromatic N) is 1. The molecule has 0 aliphatic carbocycles. The number of carbonyl (C=O) groups is 1. The van der Waals surface area contributed by atoms with Crippen molar-refractivity contribution in [3.8, 4) is 11.5 Å². The van der Waals surface area contributed by atoms with E-state index in [-0.39, 0.29) is 11.9 Å². The molecule has 0 radical (unpaired) electrons. The lowest BCUT2D eigenvalue weighted by molar-refractivity contribution is -0.121. The molecule has 0 saturated carbocycles. The molecule has 0 aliphatic heterocycles. The molecular formula is C26H27N3O3. The van der Waals surface area contributed by atoms with E-state index < -0.39 is 0 Å². The Morgan fingerprint density at radius 1 is 0.938 bits per heavy atom. The van der Waals surface area contributed by atoms with Gasteiger partial charge in [0, 0.05) is 6.42 Å². The number of H-pyrrole nitrogens is 1. The van der Waals surface area contributed by atoms with Crippen LogP contribution in [0.25, 0.3) is 11.0 Å². The molecule has 32 heavy (non-hydrogen) atoms. The lowest BCUT2D eigenvalue weighted by atomic mass is 10.0. The normalized spacial score (nSPS) is 11.8. The monoisotopic (exact) mass is 429 g/mol. The van der Waals surface area contributed by atoms with Gasteiger partial charge in [0.1, 0.15) is 5.82 Å². The number of para-hydroxylation sites is 2. The molecule has 164 valence electrons. The number of aromatic nitrogens is 2. The Bertz CT molecular complexity index is 1150. The third kappa shape index (κ3) is 5.09. The average Bonchev–Trinajstić information content (AvgIpc) is 3.27. The zero-order valence-corrected chi connectivity index (χ0v) is 18.3. The Kier molecular flexibility index (Phi) is 6.70. The number of aryl methyl sites for hydroxylation is 1. The SMILES string of the molecule is COc1ccc(CCC(=O)N[C@@H](Cc2ccccc2)c2nc3ccccc3[nH]2)cc1OC. The van der Waals surface area contributed by atoms with E-state index in [9.17, 15) is 4.79 Å². The van der Waals surface area contributed by atoms with Crippen LogP contribution in [0, 0.1) is 0 Å². The first-order valence-corrected chi connectivity index (χ1v) is 10.6. The summed E-state index contributed by atoms with van der Waals surface area (Å²) >= 11 is 0. The molecule has 0 saturated heterocycles. The van der Waals surface area contributed by atoms with Crippen molar-refractivity contribution in [3.05, 3.63) is 89.7 Å². The maximum atomic E-state index is 12.9. The number of amides is 1.